The van der Waals surface area contributed by atoms with Crippen LogP contribution < -0.4 is 4.74 Å². The summed E-state index contributed by atoms with van der Waals surface area (Å²) in [5, 5.41) is 8.90. The van der Waals surface area contributed by atoms with Gasteiger partial charge in [-0.2, -0.15) is 0 Å². The number of carbonyl (C=O) groups is 1. The molecule has 2 aromatic rings. The third kappa shape index (κ3) is 4.11. The van der Waals surface area contributed by atoms with Crippen LogP contribution in [0.4, 0.5) is 13.2 Å². The van der Waals surface area contributed by atoms with E-state index in [0.717, 1.165) is 12.1 Å². The lowest BCUT2D eigenvalue weighted by atomic mass is 10.00. The summed E-state index contributed by atoms with van der Waals surface area (Å²) in [4.78, 5) is 14.7. The van der Waals surface area contributed by atoms with Crippen molar-refractivity contribution in [1.29, 1.82) is 0 Å². The van der Waals surface area contributed by atoms with E-state index in [2.05, 4.69) is 9.72 Å². The summed E-state index contributed by atoms with van der Waals surface area (Å²) in [7, 11) is 0. The summed E-state index contributed by atoms with van der Waals surface area (Å²) in [6.45, 7) is 0. The number of halogens is 4. The van der Waals surface area contributed by atoms with Crippen molar-refractivity contribution in [3.63, 3.8) is 0 Å². The van der Waals surface area contributed by atoms with Crippen LogP contribution in [0.15, 0.2) is 36.5 Å². The standard InChI is InChI=1S/C14H9ClF3NO3/c15-13-12(9(4-5-19-13)7-11(20)21)8-2-1-3-10(6-8)22-14(16,17)18/h1-6H,7H2,(H,20,21). The Bertz CT molecular complexity index is 704. The van der Waals surface area contributed by atoms with Gasteiger partial charge in [-0.3, -0.25) is 4.79 Å². The average molecular weight is 332 g/mol. The van der Waals surface area contributed by atoms with Gasteiger partial charge in [0.25, 0.3) is 0 Å². The molecule has 2 rings (SSSR count). The molecule has 1 aromatic carbocycles. The molecule has 0 aliphatic heterocycles. The van der Waals surface area contributed by atoms with E-state index in [9.17, 15) is 18.0 Å². The molecule has 0 aliphatic carbocycles. The molecule has 0 spiro atoms. The number of nitrogens with zero attached hydrogens (tertiary/aromatic N) is 1. The van der Waals surface area contributed by atoms with E-state index >= 15 is 0 Å². The van der Waals surface area contributed by atoms with Crippen LogP contribution in [0.25, 0.3) is 11.1 Å². The summed E-state index contributed by atoms with van der Waals surface area (Å²) in [6, 6.07) is 6.56. The van der Waals surface area contributed by atoms with Gasteiger partial charge in [0.15, 0.2) is 0 Å². The Hall–Kier alpha value is -2.28. The lowest BCUT2D eigenvalue weighted by Gasteiger charge is -2.12. The smallest absolute Gasteiger partial charge is 0.481 e. The van der Waals surface area contributed by atoms with E-state index in [-0.39, 0.29) is 22.7 Å². The molecule has 0 fully saturated rings. The predicted octanol–water partition coefficient (Wildman–Crippen LogP) is 3.93. The number of rotatable bonds is 4. The number of aliphatic carboxylic acids is 1. The highest BCUT2D eigenvalue weighted by molar-refractivity contribution is 6.32. The number of benzene rings is 1. The highest BCUT2D eigenvalue weighted by Crippen LogP contribution is 2.33. The van der Waals surface area contributed by atoms with Crippen molar-refractivity contribution in [3.8, 4) is 16.9 Å². The normalized spacial score (nSPS) is 11.3. The predicted molar refractivity (Wildman–Crippen MR) is 72.7 cm³/mol. The highest BCUT2D eigenvalue weighted by atomic mass is 35.5. The largest absolute Gasteiger partial charge is 0.573 e. The van der Waals surface area contributed by atoms with Crippen LogP contribution in [0, 0.1) is 0 Å². The van der Waals surface area contributed by atoms with Crippen molar-refractivity contribution in [1.82, 2.24) is 4.98 Å². The van der Waals surface area contributed by atoms with Crippen molar-refractivity contribution in [2.75, 3.05) is 0 Å². The van der Waals surface area contributed by atoms with Crippen LogP contribution in [0.1, 0.15) is 5.56 Å². The molecule has 22 heavy (non-hydrogen) atoms. The zero-order valence-corrected chi connectivity index (χ0v) is 11.6. The van der Waals surface area contributed by atoms with Gasteiger partial charge in [-0.1, -0.05) is 23.7 Å². The minimum atomic E-state index is -4.82. The molecule has 0 saturated heterocycles. The van der Waals surface area contributed by atoms with Crippen LogP contribution in [-0.4, -0.2) is 22.4 Å². The van der Waals surface area contributed by atoms with Crippen LogP contribution in [0.3, 0.4) is 0 Å². The molecule has 1 heterocycles. The first-order valence-electron chi connectivity index (χ1n) is 5.97. The molecule has 0 aliphatic rings. The molecule has 1 aromatic heterocycles. The van der Waals surface area contributed by atoms with Gasteiger partial charge >= 0.3 is 12.3 Å². The summed E-state index contributed by atoms with van der Waals surface area (Å²) >= 11 is 5.97. The van der Waals surface area contributed by atoms with Gasteiger partial charge in [0.1, 0.15) is 10.9 Å². The van der Waals surface area contributed by atoms with E-state index in [1.807, 2.05) is 0 Å². The van der Waals surface area contributed by atoms with E-state index in [4.69, 9.17) is 16.7 Å². The molecule has 0 amide bonds. The SMILES string of the molecule is O=C(O)Cc1ccnc(Cl)c1-c1cccc(OC(F)(F)F)c1. The maximum absolute atomic E-state index is 12.3. The quantitative estimate of drug-likeness (QED) is 0.862. The molecular formula is C14H9ClF3NO3. The fourth-order valence-corrected chi connectivity index (χ4v) is 2.22. The van der Waals surface area contributed by atoms with Gasteiger partial charge in [-0.15, -0.1) is 13.2 Å². The van der Waals surface area contributed by atoms with Gasteiger partial charge in [-0.05, 0) is 29.3 Å². The first-order valence-corrected chi connectivity index (χ1v) is 6.35. The highest BCUT2D eigenvalue weighted by Gasteiger charge is 2.31. The van der Waals surface area contributed by atoms with Gasteiger partial charge in [0.05, 0.1) is 6.42 Å². The third-order valence-electron chi connectivity index (χ3n) is 2.69. The van der Waals surface area contributed by atoms with Crippen molar-refractivity contribution in [2.45, 2.75) is 12.8 Å². The van der Waals surface area contributed by atoms with Crippen LogP contribution in [-0.2, 0) is 11.2 Å². The second kappa shape index (κ2) is 6.23. The average Bonchev–Trinajstić information content (AvgIpc) is 2.36. The molecule has 8 heteroatoms. The van der Waals surface area contributed by atoms with Gasteiger partial charge in [0, 0.05) is 11.8 Å². The van der Waals surface area contributed by atoms with Crippen molar-refractivity contribution >= 4 is 17.6 Å². The van der Waals surface area contributed by atoms with E-state index < -0.39 is 18.1 Å². The number of carboxylic acids is 1. The monoisotopic (exact) mass is 331 g/mol. The third-order valence-corrected chi connectivity index (χ3v) is 2.98. The Balaban J connectivity index is 2.48. The molecule has 116 valence electrons. The van der Waals surface area contributed by atoms with Crippen LogP contribution in [0.2, 0.25) is 5.15 Å². The zero-order valence-electron chi connectivity index (χ0n) is 10.9. The number of alkyl halides is 3. The number of pyridine rings is 1. The van der Waals surface area contributed by atoms with Gasteiger partial charge in [0.2, 0.25) is 0 Å². The molecule has 0 unspecified atom stereocenters. The molecule has 1 N–H and O–H groups in total. The van der Waals surface area contributed by atoms with E-state index in [1.165, 1.54) is 24.4 Å². The van der Waals surface area contributed by atoms with Gasteiger partial charge in [-0.25, -0.2) is 4.98 Å². The molecule has 0 bridgehead atoms. The number of aromatic nitrogens is 1. The summed E-state index contributed by atoms with van der Waals surface area (Å²) in [5.41, 5.74) is 0.895. The molecule has 0 atom stereocenters. The zero-order chi connectivity index (χ0) is 16.3. The number of hydrogen-bond acceptors (Lipinski definition) is 3. The summed E-state index contributed by atoms with van der Waals surface area (Å²) in [5.74, 6) is -1.52. The Morgan fingerprint density at radius 2 is 2.05 bits per heavy atom. The Morgan fingerprint density at radius 1 is 1.32 bits per heavy atom. The van der Waals surface area contributed by atoms with E-state index in [1.54, 1.807) is 0 Å². The second-order valence-corrected chi connectivity index (χ2v) is 4.64. The van der Waals surface area contributed by atoms with Crippen molar-refractivity contribution in [2.24, 2.45) is 0 Å². The lowest BCUT2D eigenvalue weighted by molar-refractivity contribution is -0.274. The summed E-state index contributed by atoms with van der Waals surface area (Å²) in [6.07, 6.45) is -3.82. The first-order chi connectivity index (χ1) is 10.3. The van der Waals surface area contributed by atoms with Crippen LogP contribution >= 0.6 is 11.6 Å². The van der Waals surface area contributed by atoms with Crippen molar-refractivity contribution < 1.29 is 27.8 Å². The maximum Gasteiger partial charge on any atom is 0.573 e. The molecular weight excluding hydrogens is 323 g/mol. The number of carboxylic acid groups (broad SMARTS) is 1. The minimum Gasteiger partial charge on any atom is -0.481 e. The topological polar surface area (TPSA) is 59.4 Å². The molecule has 0 saturated carbocycles. The fourth-order valence-electron chi connectivity index (χ4n) is 1.94. The summed E-state index contributed by atoms with van der Waals surface area (Å²) < 4.78 is 40.6. The second-order valence-electron chi connectivity index (χ2n) is 4.28. The first kappa shape index (κ1) is 16.1. The van der Waals surface area contributed by atoms with Crippen molar-refractivity contribution in [3.05, 3.63) is 47.2 Å². The lowest BCUT2D eigenvalue weighted by Crippen LogP contribution is -2.17. The molecule has 4 nitrogen and oxygen atoms in total. The fraction of sp³-hybridized carbons (Fsp3) is 0.143. The van der Waals surface area contributed by atoms with Gasteiger partial charge < -0.3 is 9.84 Å². The van der Waals surface area contributed by atoms with Crippen LogP contribution in [0.5, 0.6) is 5.75 Å². The van der Waals surface area contributed by atoms with E-state index in [0.29, 0.717) is 5.56 Å². The Kier molecular flexibility index (Phi) is 4.56. The minimum absolute atomic E-state index is 0.00269. The maximum atomic E-state index is 12.3. The number of hydrogen-bond donors (Lipinski definition) is 1. The number of ether oxygens (including phenoxy) is 1. The Labute approximate surface area is 128 Å². The Morgan fingerprint density at radius 3 is 2.68 bits per heavy atom. The molecule has 0 radical (unpaired) electrons.